The van der Waals surface area contributed by atoms with Gasteiger partial charge in [0.1, 0.15) is 12.4 Å². The van der Waals surface area contributed by atoms with Gasteiger partial charge in [0.15, 0.2) is 0 Å². The number of sulfonamides is 1. The van der Waals surface area contributed by atoms with Crippen molar-refractivity contribution in [2.24, 2.45) is 0 Å². The van der Waals surface area contributed by atoms with Gasteiger partial charge in [-0.15, -0.1) is 0 Å². The highest BCUT2D eigenvalue weighted by Gasteiger charge is 2.30. The monoisotopic (exact) mass is 442 g/mol. The molecule has 2 aromatic rings. The molecule has 0 radical (unpaired) electrons. The van der Waals surface area contributed by atoms with Crippen LogP contribution in [0, 0.1) is 0 Å². The second-order valence-corrected chi connectivity index (χ2v) is 8.70. The van der Waals surface area contributed by atoms with E-state index < -0.39 is 27.7 Å². The summed E-state index contributed by atoms with van der Waals surface area (Å²) >= 11 is 0. The van der Waals surface area contributed by atoms with Crippen LogP contribution in [-0.2, 0) is 16.2 Å². The fourth-order valence-corrected chi connectivity index (χ4v) is 4.57. The molecule has 6 nitrogen and oxygen atoms in total. The Hall–Kier alpha value is -2.59. The highest BCUT2D eigenvalue weighted by molar-refractivity contribution is 7.89. The molecule has 0 spiro atoms. The van der Waals surface area contributed by atoms with E-state index in [0.29, 0.717) is 13.1 Å². The van der Waals surface area contributed by atoms with Crippen LogP contribution in [0.1, 0.15) is 28.8 Å². The van der Waals surface area contributed by atoms with E-state index in [4.69, 9.17) is 4.74 Å². The molecule has 3 rings (SSSR count). The molecular formula is C20H21F3N2O4S. The second-order valence-electron chi connectivity index (χ2n) is 6.77. The van der Waals surface area contributed by atoms with Crippen LogP contribution in [0.25, 0.3) is 0 Å². The lowest BCUT2D eigenvalue weighted by molar-refractivity contribution is -0.137. The van der Waals surface area contributed by atoms with Gasteiger partial charge < -0.3 is 10.1 Å². The topological polar surface area (TPSA) is 75.7 Å². The third-order valence-corrected chi connectivity index (χ3v) is 6.55. The summed E-state index contributed by atoms with van der Waals surface area (Å²) in [7, 11) is -3.55. The predicted octanol–water partition coefficient (Wildman–Crippen LogP) is 3.30. The van der Waals surface area contributed by atoms with Crippen molar-refractivity contribution in [1.29, 1.82) is 0 Å². The smallest absolute Gasteiger partial charge is 0.416 e. The van der Waals surface area contributed by atoms with Gasteiger partial charge in [-0.25, -0.2) is 8.42 Å². The van der Waals surface area contributed by atoms with Crippen LogP contribution in [0.5, 0.6) is 5.75 Å². The van der Waals surface area contributed by atoms with Crippen molar-refractivity contribution >= 4 is 15.9 Å². The summed E-state index contributed by atoms with van der Waals surface area (Å²) in [4.78, 5) is 12.3. The van der Waals surface area contributed by atoms with Crippen LogP contribution in [0.3, 0.4) is 0 Å². The number of ether oxygens (including phenoxy) is 1. The summed E-state index contributed by atoms with van der Waals surface area (Å²) in [6.45, 7) is 1.05. The predicted molar refractivity (Wildman–Crippen MR) is 104 cm³/mol. The number of carbonyl (C=O) groups excluding carboxylic acids is 1. The first kappa shape index (κ1) is 22.1. The normalized spacial score (nSPS) is 15.2. The van der Waals surface area contributed by atoms with Gasteiger partial charge >= 0.3 is 6.18 Å². The Morgan fingerprint density at radius 1 is 1.07 bits per heavy atom. The summed E-state index contributed by atoms with van der Waals surface area (Å²) in [5.41, 5.74) is -0.539. The molecule has 2 aromatic carbocycles. The minimum absolute atomic E-state index is 0.0194. The van der Waals surface area contributed by atoms with Gasteiger partial charge in [0, 0.05) is 18.7 Å². The maximum Gasteiger partial charge on any atom is 0.416 e. The quantitative estimate of drug-likeness (QED) is 0.668. The van der Waals surface area contributed by atoms with E-state index in [1.165, 1.54) is 40.7 Å². The number of halogens is 3. The zero-order valence-corrected chi connectivity index (χ0v) is 16.8. The molecule has 0 aromatic heterocycles. The average Bonchev–Trinajstić information content (AvgIpc) is 3.26. The van der Waals surface area contributed by atoms with E-state index in [1.54, 1.807) is 0 Å². The van der Waals surface area contributed by atoms with E-state index in [2.05, 4.69) is 5.32 Å². The maximum atomic E-state index is 12.7. The third-order valence-electron chi connectivity index (χ3n) is 4.64. The molecule has 0 unspecified atom stereocenters. The maximum absolute atomic E-state index is 12.7. The van der Waals surface area contributed by atoms with Gasteiger partial charge in [-0.2, -0.15) is 17.5 Å². The molecule has 30 heavy (non-hydrogen) atoms. The van der Waals surface area contributed by atoms with Crippen LogP contribution >= 0.6 is 0 Å². The molecule has 0 atom stereocenters. The van der Waals surface area contributed by atoms with Gasteiger partial charge in [-0.3, -0.25) is 4.79 Å². The molecule has 1 fully saturated rings. The first-order chi connectivity index (χ1) is 14.2. The molecule has 1 aliphatic rings. The number of hydrogen-bond donors (Lipinski definition) is 1. The number of rotatable bonds is 7. The molecule has 0 aliphatic carbocycles. The van der Waals surface area contributed by atoms with E-state index in [-0.39, 0.29) is 29.4 Å². The third kappa shape index (κ3) is 5.31. The number of hydrogen-bond acceptors (Lipinski definition) is 4. The zero-order valence-electron chi connectivity index (χ0n) is 16.0. The molecule has 0 bridgehead atoms. The highest BCUT2D eigenvalue weighted by atomic mass is 32.2. The van der Waals surface area contributed by atoms with Gasteiger partial charge in [-0.1, -0.05) is 6.07 Å². The summed E-state index contributed by atoms with van der Waals surface area (Å²) in [6.07, 6.45) is -2.79. The highest BCUT2D eigenvalue weighted by Crippen LogP contribution is 2.31. The number of nitrogens with zero attached hydrogens (tertiary/aromatic N) is 1. The number of benzene rings is 2. The van der Waals surface area contributed by atoms with Gasteiger partial charge in [0.05, 0.1) is 17.0 Å². The lowest BCUT2D eigenvalue weighted by Gasteiger charge is -2.15. The van der Waals surface area contributed by atoms with E-state index in [1.807, 2.05) is 0 Å². The Labute approximate surface area is 172 Å². The Bertz CT molecular complexity index is 986. The molecule has 1 amide bonds. The Morgan fingerprint density at radius 3 is 2.37 bits per heavy atom. The van der Waals surface area contributed by atoms with Crippen LogP contribution in [0.2, 0.25) is 0 Å². The van der Waals surface area contributed by atoms with Crippen LogP contribution in [0.4, 0.5) is 13.2 Å². The molecular weight excluding hydrogens is 421 g/mol. The first-order valence-electron chi connectivity index (χ1n) is 9.36. The second kappa shape index (κ2) is 9.05. The van der Waals surface area contributed by atoms with Crippen molar-refractivity contribution in [2.45, 2.75) is 23.9 Å². The van der Waals surface area contributed by atoms with Gasteiger partial charge in [0.2, 0.25) is 10.0 Å². The molecule has 10 heteroatoms. The zero-order chi connectivity index (χ0) is 21.8. The Kier molecular flexibility index (Phi) is 6.67. The lowest BCUT2D eigenvalue weighted by Crippen LogP contribution is -2.29. The largest absolute Gasteiger partial charge is 0.492 e. The summed E-state index contributed by atoms with van der Waals surface area (Å²) in [6, 6.07) is 10.1. The van der Waals surface area contributed by atoms with Crippen LogP contribution < -0.4 is 10.1 Å². The standard InChI is InChI=1S/C20H21F3N2O4S/c21-20(22,23)16-4-3-5-17(14-16)29-13-10-24-19(26)15-6-8-18(9-7-15)30(27,28)25-11-1-2-12-25/h3-9,14H,1-2,10-13H2,(H,24,26). The molecule has 162 valence electrons. The van der Waals surface area contributed by atoms with Crippen molar-refractivity contribution in [3.8, 4) is 5.75 Å². The van der Waals surface area contributed by atoms with Crippen molar-refractivity contribution in [2.75, 3.05) is 26.2 Å². The molecule has 1 heterocycles. The van der Waals surface area contributed by atoms with E-state index >= 15 is 0 Å². The fourth-order valence-electron chi connectivity index (χ4n) is 3.05. The average molecular weight is 442 g/mol. The number of amides is 1. The minimum atomic E-state index is -4.46. The Morgan fingerprint density at radius 2 is 1.73 bits per heavy atom. The van der Waals surface area contributed by atoms with Crippen LogP contribution in [0.15, 0.2) is 53.4 Å². The number of alkyl halides is 3. The number of nitrogens with one attached hydrogen (secondary N) is 1. The van der Waals surface area contributed by atoms with Gasteiger partial charge in [0.25, 0.3) is 5.91 Å². The fraction of sp³-hybridized carbons (Fsp3) is 0.350. The SMILES string of the molecule is O=C(NCCOc1cccc(C(F)(F)F)c1)c1ccc(S(=O)(=O)N2CCCC2)cc1. The van der Waals surface area contributed by atoms with Crippen molar-refractivity contribution in [1.82, 2.24) is 9.62 Å². The summed E-state index contributed by atoms with van der Waals surface area (Å²) in [5.74, 6) is -0.386. The van der Waals surface area contributed by atoms with E-state index in [9.17, 15) is 26.4 Å². The van der Waals surface area contributed by atoms with Crippen molar-refractivity contribution in [3.05, 3.63) is 59.7 Å². The molecule has 0 saturated carbocycles. The molecule has 1 N–H and O–H groups in total. The number of carbonyl (C=O) groups is 1. The van der Waals surface area contributed by atoms with Crippen molar-refractivity contribution < 1.29 is 31.1 Å². The summed E-state index contributed by atoms with van der Waals surface area (Å²) in [5, 5.41) is 2.58. The lowest BCUT2D eigenvalue weighted by atomic mass is 10.2. The minimum Gasteiger partial charge on any atom is -0.492 e. The van der Waals surface area contributed by atoms with Crippen molar-refractivity contribution in [3.63, 3.8) is 0 Å². The first-order valence-corrected chi connectivity index (χ1v) is 10.8. The van der Waals surface area contributed by atoms with E-state index in [0.717, 1.165) is 25.0 Å². The molecule has 1 aliphatic heterocycles. The Balaban J connectivity index is 1.51. The summed E-state index contributed by atoms with van der Waals surface area (Å²) < 4.78 is 69.7. The van der Waals surface area contributed by atoms with Gasteiger partial charge in [-0.05, 0) is 55.3 Å². The van der Waals surface area contributed by atoms with Crippen LogP contribution in [-0.4, -0.2) is 44.9 Å². The molecule has 1 saturated heterocycles.